The number of rotatable bonds is 8. The summed E-state index contributed by atoms with van der Waals surface area (Å²) in [6, 6.07) is 6.47. The van der Waals surface area contributed by atoms with Gasteiger partial charge in [0.2, 0.25) is 5.95 Å². The number of aromatic nitrogens is 4. The maximum Gasteiger partial charge on any atom is 0.310 e. The molecule has 3 heterocycles. The molecule has 5 rings (SSSR count). The predicted octanol–water partition coefficient (Wildman–Crippen LogP) is 5.36. The summed E-state index contributed by atoms with van der Waals surface area (Å²) in [5.74, 6) is -1.27. The average molecular weight is 531 g/mol. The van der Waals surface area contributed by atoms with E-state index in [9.17, 15) is 14.3 Å². The molecule has 1 aliphatic heterocycles. The van der Waals surface area contributed by atoms with E-state index in [1.807, 2.05) is 18.7 Å². The van der Waals surface area contributed by atoms with Gasteiger partial charge in [0.05, 0.1) is 21.8 Å². The van der Waals surface area contributed by atoms with Crippen molar-refractivity contribution in [1.29, 1.82) is 0 Å². The summed E-state index contributed by atoms with van der Waals surface area (Å²) in [6.45, 7) is 4.50. The van der Waals surface area contributed by atoms with Gasteiger partial charge in [0, 0.05) is 42.2 Å². The van der Waals surface area contributed by atoms with Gasteiger partial charge in [-0.15, -0.1) is 0 Å². The lowest BCUT2D eigenvalue weighted by Crippen LogP contribution is -2.50. The van der Waals surface area contributed by atoms with Crippen LogP contribution in [-0.4, -0.2) is 48.7 Å². The second-order valence-electron chi connectivity index (χ2n) is 10.3. The van der Waals surface area contributed by atoms with Crippen molar-refractivity contribution in [3.05, 3.63) is 63.6 Å². The van der Waals surface area contributed by atoms with Crippen LogP contribution >= 0.6 is 11.6 Å². The molecule has 1 aromatic carbocycles. The largest absolute Gasteiger partial charge is 0.481 e. The van der Waals surface area contributed by atoms with Crippen LogP contribution in [0.5, 0.6) is 0 Å². The van der Waals surface area contributed by atoms with E-state index in [-0.39, 0.29) is 47.9 Å². The van der Waals surface area contributed by atoms with Crippen molar-refractivity contribution >= 4 is 29.3 Å². The lowest BCUT2D eigenvalue weighted by molar-refractivity contribution is -0.153. The molecule has 37 heavy (non-hydrogen) atoms. The fourth-order valence-corrected chi connectivity index (χ4v) is 5.35. The number of carboxylic acids is 1. The van der Waals surface area contributed by atoms with E-state index in [1.54, 1.807) is 18.2 Å². The first-order valence-electron chi connectivity index (χ1n) is 12.4. The summed E-state index contributed by atoms with van der Waals surface area (Å²) in [5, 5.41) is 20.4. The topological polar surface area (TPSA) is 107 Å². The Labute approximate surface area is 218 Å². The van der Waals surface area contributed by atoms with E-state index in [0.717, 1.165) is 18.5 Å². The third kappa shape index (κ3) is 5.31. The first-order chi connectivity index (χ1) is 17.6. The average Bonchev–Trinajstić information content (AvgIpc) is 3.62. The van der Waals surface area contributed by atoms with Gasteiger partial charge in [0.25, 0.3) is 0 Å². The normalized spacial score (nSPS) is 22.2. The van der Waals surface area contributed by atoms with Gasteiger partial charge >= 0.3 is 5.97 Å². The molecule has 0 spiro atoms. The van der Waals surface area contributed by atoms with Crippen LogP contribution in [0.3, 0.4) is 0 Å². The lowest BCUT2D eigenvalue weighted by Gasteiger charge is -2.43. The zero-order valence-electron chi connectivity index (χ0n) is 20.7. The molecule has 2 atom stereocenters. The summed E-state index contributed by atoms with van der Waals surface area (Å²) < 4.78 is 30.1. The molecule has 0 unspecified atom stereocenters. The summed E-state index contributed by atoms with van der Waals surface area (Å²) >= 11 is 5.93. The minimum atomic E-state index is -1.21. The third-order valence-corrected chi connectivity index (χ3v) is 7.70. The zero-order valence-corrected chi connectivity index (χ0v) is 21.4. The number of hydrogen-bond donors (Lipinski definition) is 3. The van der Waals surface area contributed by atoms with Crippen LogP contribution in [-0.2, 0) is 17.8 Å². The van der Waals surface area contributed by atoms with Crippen LogP contribution in [0.4, 0.5) is 20.5 Å². The van der Waals surface area contributed by atoms with Gasteiger partial charge in [0.15, 0.2) is 11.6 Å². The van der Waals surface area contributed by atoms with Gasteiger partial charge in [-0.05, 0) is 52.1 Å². The number of hydrogen-bond acceptors (Lipinski definition) is 6. The summed E-state index contributed by atoms with van der Waals surface area (Å²) in [7, 11) is 0. The number of anilines is 2. The number of nitrogens with zero attached hydrogens (tertiary/aromatic N) is 4. The van der Waals surface area contributed by atoms with Crippen LogP contribution in [0, 0.1) is 24.0 Å². The molecule has 3 aromatic rings. The summed E-state index contributed by atoms with van der Waals surface area (Å²) in [6.07, 6.45) is 2.16. The first-order valence-corrected chi connectivity index (χ1v) is 12.8. The number of halogens is 3. The Hall–Kier alpha value is -3.11. The van der Waals surface area contributed by atoms with Crippen molar-refractivity contribution in [3.63, 3.8) is 0 Å². The number of carboxylic acid groups (broad SMARTS) is 1. The molecule has 3 N–H and O–H groups in total. The molecule has 1 saturated heterocycles. The Morgan fingerprint density at radius 2 is 2.08 bits per heavy atom. The lowest BCUT2D eigenvalue weighted by atomic mass is 9.72. The number of carbonyl (C=O) groups is 1. The molecular formula is C26H29ClF2N6O2. The Bertz CT molecular complexity index is 1330. The monoisotopic (exact) mass is 530 g/mol. The van der Waals surface area contributed by atoms with E-state index in [0.29, 0.717) is 30.2 Å². The highest BCUT2D eigenvalue weighted by molar-refractivity contribution is 6.30. The van der Waals surface area contributed by atoms with Crippen molar-refractivity contribution in [3.8, 4) is 0 Å². The number of likely N-dealkylation sites (tertiary alicyclic amines) is 1. The minimum absolute atomic E-state index is 0.0114. The van der Waals surface area contributed by atoms with E-state index in [2.05, 4.69) is 25.5 Å². The maximum absolute atomic E-state index is 15.6. The van der Waals surface area contributed by atoms with E-state index in [4.69, 9.17) is 11.6 Å². The van der Waals surface area contributed by atoms with Crippen LogP contribution in [0.15, 0.2) is 24.3 Å². The number of aromatic amines is 1. The molecule has 0 bridgehead atoms. The molecular weight excluding hydrogens is 502 g/mol. The summed E-state index contributed by atoms with van der Waals surface area (Å²) in [4.78, 5) is 23.5. The fraction of sp³-hybridized carbons (Fsp3) is 0.462. The van der Waals surface area contributed by atoms with Crippen molar-refractivity contribution < 1.29 is 18.7 Å². The molecule has 0 radical (unpaired) electrons. The van der Waals surface area contributed by atoms with Gasteiger partial charge < -0.3 is 10.4 Å². The number of H-pyrrole nitrogens is 1. The Balaban J connectivity index is 1.40. The van der Waals surface area contributed by atoms with Crippen LogP contribution < -0.4 is 5.32 Å². The van der Waals surface area contributed by atoms with Gasteiger partial charge in [0.1, 0.15) is 5.82 Å². The molecule has 11 heteroatoms. The highest BCUT2D eigenvalue weighted by Gasteiger charge is 2.46. The van der Waals surface area contributed by atoms with Crippen LogP contribution in [0.1, 0.15) is 61.2 Å². The van der Waals surface area contributed by atoms with E-state index in [1.165, 1.54) is 6.07 Å². The molecule has 0 amide bonds. The van der Waals surface area contributed by atoms with Crippen molar-refractivity contribution in [2.24, 2.45) is 5.41 Å². The van der Waals surface area contributed by atoms with Crippen LogP contribution in [0.2, 0.25) is 5.02 Å². The third-order valence-electron chi connectivity index (χ3n) is 7.41. The van der Waals surface area contributed by atoms with Gasteiger partial charge in [-0.3, -0.25) is 14.8 Å². The number of benzene rings is 1. The Morgan fingerprint density at radius 1 is 1.30 bits per heavy atom. The quantitative estimate of drug-likeness (QED) is 0.360. The standard InChI is InChI=1S/C26H29ClF2N6O2/c1-14-10-20(34-33-14)31-25-30-19(22(29)23(32-25)16-6-7-16)12-26(24(36)37)8-9-35(15(2)11-26)13-17-4-3-5-18(27)21(17)28/h3-5,10,15-16H,6-9,11-13H2,1-2H3,(H,36,37)(H2,30,31,32,33,34)/t15-,26-/m1/s1. The molecule has 1 aliphatic carbocycles. The van der Waals surface area contributed by atoms with Crippen LogP contribution in [0.25, 0.3) is 0 Å². The second kappa shape index (κ2) is 9.98. The van der Waals surface area contributed by atoms with Gasteiger partial charge in [-0.2, -0.15) is 5.10 Å². The smallest absolute Gasteiger partial charge is 0.310 e. The molecule has 196 valence electrons. The summed E-state index contributed by atoms with van der Waals surface area (Å²) in [5.41, 5.74) is 0.509. The number of aryl methyl sites for hydroxylation is 1. The van der Waals surface area contributed by atoms with E-state index >= 15 is 4.39 Å². The van der Waals surface area contributed by atoms with Gasteiger partial charge in [-0.1, -0.05) is 23.7 Å². The van der Waals surface area contributed by atoms with E-state index < -0.39 is 23.0 Å². The zero-order chi connectivity index (χ0) is 26.3. The maximum atomic E-state index is 15.6. The Kier molecular flexibility index (Phi) is 6.89. The first kappa shape index (κ1) is 25.5. The molecule has 2 fully saturated rings. The number of piperidine rings is 1. The Morgan fingerprint density at radius 3 is 2.73 bits per heavy atom. The van der Waals surface area contributed by atoms with Crippen molar-refractivity contribution in [1.82, 2.24) is 25.1 Å². The van der Waals surface area contributed by atoms with Crippen molar-refractivity contribution in [2.75, 3.05) is 11.9 Å². The molecule has 8 nitrogen and oxygen atoms in total. The second-order valence-corrected chi connectivity index (χ2v) is 10.7. The minimum Gasteiger partial charge on any atom is -0.481 e. The highest BCUT2D eigenvalue weighted by atomic mass is 35.5. The molecule has 1 saturated carbocycles. The number of aliphatic carboxylic acids is 1. The highest BCUT2D eigenvalue weighted by Crippen LogP contribution is 2.43. The SMILES string of the molecule is Cc1cc(Nc2nc(C[C@@]3(C(=O)O)CCN(Cc4cccc(Cl)c4F)[C@H](C)C3)c(F)c(C3CC3)n2)n[nH]1. The fourth-order valence-electron chi connectivity index (χ4n) is 5.16. The van der Waals surface area contributed by atoms with Crippen molar-refractivity contribution in [2.45, 2.75) is 64.5 Å². The van der Waals surface area contributed by atoms with Gasteiger partial charge in [-0.25, -0.2) is 18.7 Å². The molecule has 2 aliphatic rings. The molecule has 2 aromatic heterocycles. The number of nitrogens with one attached hydrogen (secondary N) is 2. The predicted molar refractivity (Wildman–Crippen MR) is 135 cm³/mol.